The first kappa shape index (κ1) is 25.3. The molecule has 8 nitrogen and oxygen atoms in total. The fourth-order valence-electron chi connectivity index (χ4n) is 6.83. The Bertz CT molecular complexity index is 1300. The highest BCUT2D eigenvalue weighted by atomic mass is 16.5. The molecule has 0 radical (unpaired) electrons. The van der Waals surface area contributed by atoms with E-state index in [4.69, 9.17) is 9.84 Å². The average Bonchev–Trinajstić information content (AvgIpc) is 3.55. The SMILES string of the molecule is CC(C)Oc1nn(C2CCCCC2)c2nc(C(=O)O)cc(-c3ccc(CN4CC5CN(C)CC5C4)cc3)c12. The number of hydrogen-bond donors (Lipinski definition) is 1. The van der Waals surface area contributed by atoms with Crippen LogP contribution < -0.4 is 4.74 Å². The summed E-state index contributed by atoms with van der Waals surface area (Å²) in [6.07, 6.45) is 5.52. The van der Waals surface area contributed by atoms with E-state index in [-0.39, 0.29) is 17.8 Å². The van der Waals surface area contributed by atoms with Gasteiger partial charge in [0, 0.05) is 38.3 Å². The van der Waals surface area contributed by atoms with Gasteiger partial charge >= 0.3 is 5.97 Å². The van der Waals surface area contributed by atoms with E-state index in [1.54, 1.807) is 6.07 Å². The Labute approximate surface area is 224 Å². The number of benzene rings is 1. The Morgan fingerprint density at radius 3 is 2.37 bits per heavy atom. The number of aromatic nitrogens is 3. The maximum atomic E-state index is 12.1. The van der Waals surface area contributed by atoms with Crippen LogP contribution in [0.2, 0.25) is 0 Å². The third-order valence-electron chi connectivity index (χ3n) is 8.53. The summed E-state index contributed by atoms with van der Waals surface area (Å²) in [7, 11) is 2.23. The molecule has 1 N–H and O–H groups in total. The van der Waals surface area contributed by atoms with E-state index in [1.165, 1.54) is 38.2 Å². The highest BCUT2D eigenvalue weighted by Gasteiger charge is 2.38. The number of ether oxygens (including phenoxy) is 1. The third kappa shape index (κ3) is 4.92. The predicted octanol–water partition coefficient (Wildman–Crippen LogP) is 5.08. The van der Waals surface area contributed by atoms with Crippen molar-refractivity contribution in [3.05, 3.63) is 41.6 Å². The quantitative estimate of drug-likeness (QED) is 0.468. The third-order valence-corrected chi connectivity index (χ3v) is 8.53. The van der Waals surface area contributed by atoms with Crippen molar-refractivity contribution < 1.29 is 14.6 Å². The first-order valence-corrected chi connectivity index (χ1v) is 14.2. The molecule has 0 amide bonds. The largest absolute Gasteiger partial charge is 0.477 e. The van der Waals surface area contributed by atoms with Crippen molar-refractivity contribution in [2.24, 2.45) is 11.8 Å². The van der Waals surface area contributed by atoms with Crippen LogP contribution in [0.5, 0.6) is 5.88 Å². The molecular formula is C30H39N5O3. The van der Waals surface area contributed by atoms with E-state index >= 15 is 0 Å². The van der Waals surface area contributed by atoms with E-state index in [0.717, 1.165) is 60.6 Å². The smallest absolute Gasteiger partial charge is 0.354 e. The van der Waals surface area contributed by atoms with Gasteiger partial charge in [0.25, 0.3) is 0 Å². The minimum atomic E-state index is -1.03. The van der Waals surface area contributed by atoms with Crippen molar-refractivity contribution in [1.82, 2.24) is 24.6 Å². The van der Waals surface area contributed by atoms with Gasteiger partial charge in [0.05, 0.1) is 17.5 Å². The molecule has 1 aromatic carbocycles. The van der Waals surface area contributed by atoms with Gasteiger partial charge < -0.3 is 14.7 Å². The molecule has 2 saturated heterocycles. The monoisotopic (exact) mass is 517 g/mol. The van der Waals surface area contributed by atoms with Crippen LogP contribution in [-0.2, 0) is 6.54 Å². The lowest BCUT2D eigenvalue weighted by atomic mass is 9.95. The van der Waals surface area contributed by atoms with Gasteiger partial charge in [0.15, 0.2) is 11.3 Å². The van der Waals surface area contributed by atoms with Gasteiger partial charge in [-0.15, -0.1) is 5.10 Å². The zero-order valence-corrected chi connectivity index (χ0v) is 22.8. The van der Waals surface area contributed by atoms with E-state index in [1.807, 2.05) is 18.5 Å². The lowest BCUT2D eigenvalue weighted by molar-refractivity contribution is 0.0691. The van der Waals surface area contributed by atoms with Gasteiger partial charge in [-0.3, -0.25) is 4.90 Å². The zero-order valence-electron chi connectivity index (χ0n) is 22.8. The van der Waals surface area contributed by atoms with Crippen LogP contribution in [0.25, 0.3) is 22.2 Å². The first-order chi connectivity index (χ1) is 18.4. The zero-order chi connectivity index (χ0) is 26.4. The number of rotatable bonds is 7. The fourth-order valence-corrected chi connectivity index (χ4v) is 6.83. The number of carboxylic acid groups (broad SMARTS) is 1. The standard InChI is InChI=1S/C30H39N5O3/c1-19(2)38-29-27-25(13-26(30(36)37)31-28(27)35(32-29)24-7-5-4-6-8-24)21-11-9-20(10-12-21)14-34-17-22-15-33(3)16-23(22)18-34/h9-13,19,22-24H,4-8,14-18H2,1-3H3,(H,36,37). The van der Waals surface area contributed by atoms with E-state index < -0.39 is 5.97 Å². The topological polar surface area (TPSA) is 83.7 Å². The summed E-state index contributed by atoms with van der Waals surface area (Å²) in [5, 5.41) is 15.6. The maximum absolute atomic E-state index is 12.1. The van der Waals surface area contributed by atoms with Crippen LogP contribution in [0.1, 0.15) is 68.0 Å². The summed E-state index contributed by atoms with van der Waals surface area (Å²) in [6, 6.07) is 10.5. The van der Waals surface area contributed by atoms with Crippen molar-refractivity contribution in [2.45, 2.75) is 64.6 Å². The molecule has 2 aromatic heterocycles. The van der Waals surface area contributed by atoms with Crippen molar-refractivity contribution >= 4 is 17.0 Å². The molecule has 3 aromatic rings. The van der Waals surface area contributed by atoms with E-state index in [2.05, 4.69) is 46.1 Å². The van der Waals surface area contributed by atoms with Gasteiger partial charge in [-0.2, -0.15) is 0 Å². The molecule has 2 unspecified atom stereocenters. The van der Waals surface area contributed by atoms with Gasteiger partial charge in [0.1, 0.15) is 0 Å². The van der Waals surface area contributed by atoms with Crippen molar-refractivity contribution in [3.63, 3.8) is 0 Å². The number of nitrogens with zero attached hydrogens (tertiary/aromatic N) is 5. The Morgan fingerprint density at radius 1 is 1.05 bits per heavy atom. The van der Waals surface area contributed by atoms with Crippen LogP contribution in [0.15, 0.2) is 30.3 Å². The Morgan fingerprint density at radius 2 is 1.74 bits per heavy atom. The summed E-state index contributed by atoms with van der Waals surface area (Å²) in [6.45, 7) is 9.68. The second-order valence-corrected chi connectivity index (χ2v) is 11.9. The second-order valence-electron chi connectivity index (χ2n) is 11.9. The normalized spacial score (nSPS) is 22.9. The molecule has 2 atom stereocenters. The predicted molar refractivity (Wildman–Crippen MR) is 148 cm³/mol. The number of pyridine rings is 1. The lowest BCUT2D eigenvalue weighted by Gasteiger charge is -2.22. The number of likely N-dealkylation sites (tertiary alicyclic amines) is 2. The number of carboxylic acids is 1. The Balaban J connectivity index is 1.35. The molecule has 202 valence electrons. The van der Waals surface area contributed by atoms with Gasteiger partial charge in [-0.25, -0.2) is 14.5 Å². The lowest BCUT2D eigenvalue weighted by Crippen LogP contribution is -2.26. The number of carbonyl (C=O) groups is 1. The summed E-state index contributed by atoms with van der Waals surface area (Å²) in [5.74, 6) is 1.09. The van der Waals surface area contributed by atoms with Crippen molar-refractivity contribution in [1.29, 1.82) is 0 Å². The van der Waals surface area contributed by atoms with E-state index in [0.29, 0.717) is 11.5 Å². The van der Waals surface area contributed by atoms with Crippen LogP contribution in [0.3, 0.4) is 0 Å². The highest BCUT2D eigenvalue weighted by Crippen LogP contribution is 2.39. The van der Waals surface area contributed by atoms with Gasteiger partial charge in [0.2, 0.25) is 5.88 Å². The van der Waals surface area contributed by atoms with Crippen LogP contribution in [-0.4, -0.2) is 75.0 Å². The molecule has 8 heteroatoms. The average molecular weight is 518 g/mol. The molecule has 3 fully saturated rings. The maximum Gasteiger partial charge on any atom is 0.354 e. The first-order valence-electron chi connectivity index (χ1n) is 14.2. The van der Waals surface area contributed by atoms with Crippen LogP contribution in [0, 0.1) is 11.8 Å². The van der Waals surface area contributed by atoms with Gasteiger partial charge in [-0.05, 0) is 62.8 Å². The summed E-state index contributed by atoms with van der Waals surface area (Å²) in [4.78, 5) is 21.7. The summed E-state index contributed by atoms with van der Waals surface area (Å²) >= 11 is 0. The molecule has 6 rings (SSSR count). The van der Waals surface area contributed by atoms with Gasteiger partial charge in [-0.1, -0.05) is 43.5 Å². The molecule has 3 aliphatic rings. The minimum Gasteiger partial charge on any atom is -0.477 e. The molecular weight excluding hydrogens is 478 g/mol. The summed E-state index contributed by atoms with van der Waals surface area (Å²) in [5.41, 5.74) is 3.71. The Hall–Kier alpha value is -2.97. The second kappa shape index (κ2) is 10.3. The molecule has 1 aliphatic carbocycles. The van der Waals surface area contributed by atoms with Crippen molar-refractivity contribution in [2.75, 3.05) is 33.2 Å². The van der Waals surface area contributed by atoms with E-state index in [9.17, 15) is 9.90 Å². The van der Waals surface area contributed by atoms with Crippen LogP contribution in [0.4, 0.5) is 0 Å². The Kier molecular flexibility index (Phi) is 6.86. The number of fused-ring (bicyclic) bond motifs is 2. The highest BCUT2D eigenvalue weighted by molar-refractivity contribution is 6.01. The molecule has 38 heavy (non-hydrogen) atoms. The number of aromatic carboxylic acids is 1. The molecule has 0 spiro atoms. The molecule has 4 heterocycles. The number of hydrogen-bond acceptors (Lipinski definition) is 6. The minimum absolute atomic E-state index is 0.0400. The molecule has 0 bridgehead atoms. The summed E-state index contributed by atoms with van der Waals surface area (Å²) < 4.78 is 8.13. The van der Waals surface area contributed by atoms with Crippen molar-refractivity contribution in [3.8, 4) is 17.0 Å². The fraction of sp³-hybridized carbons (Fsp3) is 0.567. The van der Waals surface area contributed by atoms with Crippen LogP contribution >= 0.6 is 0 Å². The molecule has 2 aliphatic heterocycles. The molecule has 1 saturated carbocycles.